The van der Waals surface area contributed by atoms with Gasteiger partial charge in [-0.3, -0.25) is 4.79 Å². The third kappa shape index (κ3) is 3.80. The molecule has 0 fully saturated rings. The van der Waals surface area contributed by atoms with Gasteiger partial charge in [-0.15, -0.1) is 0 Å². The zero-order valence-corrected chi connectivity index (χ0v) is 13.8. The molecule has 0 radical (unpaired) electrons. The zero-order chi connectivity index (χ0) is 16.1. The molecular weight excluding hydrogens is 298 g/mol. The van der Waals surface area contributed by atoms with Gasteiger partial charge in [0.1, 0.15) is 5.75 Å². The highest BCUT2D eigenvalue weighted by molar-refractivity contribution is 6.32. The molecule has 0 saturated heterocycles. The average molecular weight is 318 g/mol. The van der Waals surface area contributed by atoms with Gasteiger partial charge < -0.3 is 10.1 Å². The van der Waals surface area contributed by atoms with Gasteiger partial charge in [-0.25, -0.2) is 0 Å². The molecule has 1 amide bonds. The SMILES string of the molecule is CC[C@@H](Oc1ccccc1Cl)C(=O)Nc1cccc(C)c1C. The van der Waals surface area contributed by atoms with Crippen LogP contribution >= 0.6 is 11.6 Å². The van der Waals surface area contributed by atoms with Gasteiger partial charge in [0.2, 0.25) is 0 Å². The lowest BCUT2D eigenvalue weighted by molar-refractivity contribution is -0.122. The number of carbonyl (C=O) groups excluding carboxylic acids is 1. The van der Waals surface area contributed by atoms with E-state index in [-0.39, 0.29) is 5.91 Å². The molecule has 0 aliphatic carbocycles. The van der Waals surface area contributed by atoms with E-state index < -0.39 is 6.10 Å². The van der Waals surface area contributed by atoms with Crippen LogP contribution < -0.4 is 10.1 Å². The molecule has 2 aromatic carbocycles. The van der Waals surface area contributed by atoms with E-state index in [1.807, 2.05) is 51.1 Å². The van der Waals surface area contributed by atoms with Gasteiger partial charge in [0.15, 0.2) is 6.10 Å². The Morgan fingerprint density at radius 1 is 1.18 bits per heavy atom. The third-order valence-corrected chi connectivity index (χ3v) is 3.94. The van der Waals surface area contributed by atoms with Crippen LogP contribution in [0.3, 0.4) is 0 Å². The summed E-state index contributed by atoms with van der Waals surface area (Å²) < 4.78 is 5.75. The van der Waals surface area contributed by atoms with Crippen LogP contribution in [0.25, 0.3) is 0 Å². The molecule has 2 aromatic rings. The van der Waals surface area contributed by atoms with Crippen molar-refractivity contribution in [2.24, 2.45) is 0 Å². The summed E-state index contributed by atoms with van der Waals surface area (Å²) >= 11 is 6.08. The van der Waals surface area contributed by atoms with Crippen molar-refractivity contribution >= 4 is 23.2 Å². The van der Waals surface area contributed by atoms with Crippen LogP contribution in [0.2, 0.25) is 5.02 Å². The van der Waals surface area contributed by atoms with E-state index in [4.69, 9.17) is 16.3 Å². The van der Waals surface area contributed by atoms with Crippen LogP contribution in [0.1, 0.15) is 24.5 Å². The van der Waals surface area contributed by atoms with Crippen molar-refractivity contribution in [1.29, 1.82) is 0 Å². The highest BCUT2D eigenvalue weighted by Crippen LogP contribution is 2.25. The van der Waals surface area contributed by atoms with Crippen molar-refractivity contribution in [3.63, 3.8) is 0 Å². The summed E-state index contributed by atoms with van der Waals surface area (Å²) in [6.45, 7) is 5.91. The summed E-state index contributed by atoms with van der Waals surface area (Å²) in [5, 5.41) is 3.44. The maximum absolute atomic E-state index is 12.4. The minimum absolute atomic E-state index is 0.170. The lowest BCUT2D eigenvalue weighted by Crippen LogP contribution is -2.32. The molecule has 0 unspecified atom stereocenters. The van der Waals surface area contributed by atoms with Gasteiger partial charge in [0, 0.05) is 5.69 Å². The van der Waals surface area contributed by atoms with Crippen molar-refractivity contribution in [2.75, 3.05) is 5.32 Å². The molecule has 0 saturated carbocycles. The summed E-state index contributed by atoms with van der Waals surface area (Å²) in [5.74, 6) is 0.350. The fourth-order valence-electron chi connectivity index (χ4n) is 2.12. The van der Waals surface area contributed by atoms with Gasteiger partial charge in [0.05, 0.1) is 5.02 Å². The monoisotopic (exact) mass is 317 g/mol. The van der Waals surface area contributed by atoms with E-state index >= 15 is 0 Å². The molecule has 0 bridgehead atoms. The molecule has 0 aliphatic rings. The number of carbonyl (C=O) groups is 1. The molecule has 1 atom stereocenters. The highest BCUT2D eigenvalue weighted by Gasteiger charge is 2.20. The third-order valence-electron chi connectivity index (χ3n) is 3.63. The molecule has 116 valence electrons. The minimum Gasteiger partial charge on any atom is -0.479 e. The maximum atomic E-state index is 12.4. The topological polar surface area (TPSA) is 38.3 Å². The number of anilines is 1. The Labute approximate surface area is 136 Å². The van der Waals surface area contributed by atoms with E-state index in [1.54, 1.807) is 12.1 Å². The molecule has 3 nitrogen and oxygen atoms in total. The molecule has 0 aromatic heterocycles. The number of hydrogen-bond acceptors (Lipinski definition) is 2. The number of aryl methyl sites for hydroxylation is 1. The summed E-state index contributed by atoms with van der Waals surface area (Å²) in [7, 11) is 0. The number of benzene rings is 2. The zero-order valence-electron chi connectivity index (χ0n) is 13.0. The van der Waals surface area contributed by atoms with Crippen molar-refractivity contribution in [2.45, 2.75) is 33.3 Å². The van der Waals surface area contributed by atoms with Gasteiger partial charge >= 0.3 is 0 Å². The number of amides is 1. The predicted octanol–water partition coefficient (Wildman–Crippen LogP) is 4.75. The lowest BCUT2D eigenvalue weighted by atomic mass is 10.1. The summed E-state index contributed by atoms with van der Waals surface area (Å²) in [6, 6.07) is 13.0. The number of rotatable bonds is 5. The highest BCUT2D eigenvalue weighted by atomic mass is 35.5. The fourth-order valence-corrected chi connectivity index (χ4v) is 2.30. The van der Waals surface area contributed by atoms with Crippen molar-refractivity contribution in [3.8, 4) is 5.75 Å². The molecule has 22 heavy (non-hydrogen) atoms. The quantitative estimate of drug-likeness (QED) is 0.864. The Bertz CT molecular complexity index is 670. The van der Waals surface area contributed by atoms with Crippen LogP contribution in [0, 0.1) is 13.8 Å². The summed E-state index contributed by atoms with van der Waals surface area (Å²) in [4.78, 5) is 12.4. The van der Waals surface area contributed by atoms with E-state index in [9.17, 15) is 4.79 Å². The Morgan fingerprint density at radius 2 is 1.91 bits per heavy atom. The number of halogens is 1. The van der Waals surface area contributed by atoms with Crippen LogP contribution in [0.5, 0.6) is 5.75 Å². The molecule has 2 rings (SSSR count). The van der Waals surface area contributed by atoms with E-state index in [1.165, 1.54) is 0 Å². The van der Waals surface area contributed by atoms with Crippen molar-refractivity contribution in [1.82, 2.24) is 0 Å². The molecule has 1 N–H and O–H groups in total. The largest absolute Gasteiger partial charge is 0.479 e. The van der Waals surface area contributed by atoms with Gasteiger partial charge in [-0.05, 0) is 49.6 Å². The van der Waals surface area contributed by atoms with E-state index in [0.29, 0.717) is 17.2 Å². The first-order valence-electron chi connectivity index (χ1n) is 7.31. The standard InChI is InChI=1S/C18H20ClNO2/c1-4-16(22-17-11-6-5-9-14(17)19)18(21)20-15-10-7-8-12(2)13(15)3/h5-11,16H,4H2,1-3H3,(H,20,21)/t16-/m1/s1. The predicted molar refractivity (Wildman–Crippen MR) is 90.7 cm³/mol. The fraction of sp³-hybridized carbons (Fsp3) is 0.278. The van der Waals surface area contributed by atoms with Gasteiger partial charge in [0.25, 0.3) is 5.91 Å². The van der Waals surface area contributed by atoms with Crippen LogP contribution in [-0.4, -0.2) is 12.0 Å². The molecule has 4 heteroatoms. The lowest BCUT2D eigenvalue weighted by Gasteiger charge is -2.19. The number of ether oxygens (including phenoxy) is 1. The summed E-state index contributed by atoms with van der Waals surface area (Å²) in [6.07, 6.45) is -0.0260. The normalized spacial score (nSPS) is 11.8. The second-order valence-corrected chi connectivity index (χ2v) is 5.59. The Kier molecular flexibility index (Phi) is 5.45. The molecule has 0 aliphatic heterocycles. The van der Waals surface area contributed by atoms with E-state index in [0.717, 1.165) is 16.8 Å². The Morgan fingerprint density at radius 3 is 2.59 bits per heavy atom. The van der Waals surface area contributed by atoms with Crippen LogP contribution in [0.15, 0.2) is 42.5 Å². The molecule has 0 heterocycles. The average Bonchev–Trinajstić information content (AvgIpc) is 2.51. The first kappa shape index (κ1) is 16.4. The summed E-state index contributed by atoms with van der Waals surface area (Å²) in [5.41, 5.74) is 3.01. The first-order valence-corrected chi connectivity index (χ1v) is 7.69. The maximum Gasteiger partial charge on any atom is 0.265 e. The number of nitrogens with one attached hydrogen (secondary N) is 1. The molecule has 0 spiro atoms. The van der Waals surface area contributed by atoms with Crippen LogP contribution in [0.4, 0.5) is 5.69 Å². The second-order valence-electron chi connectivity index (χ2n) is 5.18. The smallest absolute Gasteiger partial charge is 0.265 e. The molecular formula is C18H20ClNO2. The Balaban J connectivity index is 2.12. The Hall–Kier alpha value is -2.00. The first-order chi connectivity index (χ1) is 10.5. The number of para-hydroxylation sites is 1. The van der Waals surface area contributed by atoms with E-state index in [2.05, 4.69) is 5.32 Å². The van der Waals surface area contributed by atoms with Gasteiger partial charge in [-0.1, -0.05) is 42.8 Å². The minimum atomic E-state index is -0.584. The second kappa shape index (κ2) is 7.32. The van der Waals surface area contributed by atoms with Crippen molar-refractivity contribution < 1.29 is 9.53 Å². The van der Waals surface area contributed by atoms with Gasteiger partial charge in [-0.2, -0.15) is 0 Å². The van der Waals surface area contributed by atoms with Crippen LogP contribution in [-0.2, 0) is 4.79 Å². The number of hydrogen-bond donors (Lipinski definition) is 1. The van der Waals surface area contributed by atoms with Crippen molar-refractivity contribution in [3.05, 3.63) is 58.6 Å².